The quantitative estimate of drug-likeness (QED) is 0.784. The number of nitrogens with zero attached hydrogens (tertiary/aromatic N) is 1. The summed E-state index contributed by atoms with van der Waals surface area (Å²) in [6.07, 6.45) is -0.534. The summed E-state index contributed by atoms with van der Waals surface area (Å²) in [6, 6.07) is 4.10. The summed E-state index contributed by atoms with van der Waals surface area (Å²) in [6.45, 7) is 7.19. The van der Waals surface area contributed by atoms with Gasteiger partial charge in [0.05, 0.1) is 25.0 Å². The minimum Gasteiger partial charge on any atom is -0.389 e. The fourth-order valence-electron chi connectivity index (χ4n) is 2.27. The van der Waals surface area contributed by atoms with Gasteiger partial charge in [0.1, 0.15) is 5.76 Å². The molecule has 0 amide bonds. The number of hydrogen-bond donors (Lipinski definition) is 2. The second-order valence-corrected chi connectivity index (χ2v) is 6.15. The van der Waals surface area contributed by atoms with Crippen molar-refractivity contribution < 1.29 is 14.4 Å². The Kier molecular flexibility index (Phi) is 5.93. The molecule has 0 saturated carbocycles. The molecule has 2 atom stereocenters. The van der Waals surface area contributed by atoms with Gasteiger partial charge in [-0.1, -0.05) is 11.2 Å². The number of aliphatic hydroxyl groups excluding tert-OH is 1. The Bertz CT molecular complexity index is 520. The molecule has 0 aliphatic heterocycles. The number of ether oxygens (including phenoxy) is 1. The molecule has 2 N–H and O–H groups in total. The molecule has 0 aromatic carbocycles. The monoisotopic (exact) mass is 310 g/mol. The lowest BCUT2D eigenvalue weighted by Crippen LogP contribution is -2.32. The first kappa shape index (κ1) is 16.2. The highest BCUT2D eigenvalue weighted by Gasteiger charge is 2.17. The Morgan fingerprint density at radius 1 is 1.48 bits per heavy atom. The summed E-state index contributed by atoms with van der Waals surface area (Å²) >= 11 is 1.65. The predicted molar refractivity (Wildman–Crippen MR) is 82.4 cm³/mol. The highest BCUT2D eigenvalue weighted by molar-refractivity contribution is 7.09. The lowest BCUT2D eigenvalue weighted by molar-refractivity contribution is 0.0288. The summed E-state index contributed by atoms with van der Waals surface area (Å²) in [5, 5.41) is 19.2. The molecule has 0 radical (unpaired) electrons. The van der Waals surface area contributed by atoms with Crippen molar-refractivity contribution in [1.29, 1.82) is 0 Å². The van der Waals surface area contributed by atoms with E-state index in [-0.39, 0.29) is 6.04 Å². The fourth-order valence-corrected chi connectivity index (χ4v) is 2.91. The van der Waals surface area contributed by atoms with Crippen LogP contribution >= 0.6 is 11.3 Å². The van der Waals surface area contributed by atoms with Gasteiger partial charge < -0.3 is 19.7 Å². The van der Waals surface area contributed by atoms with E-state index in [4.69, 9.17) is 9.26 Å². The molecule has 6 heteroatoms. The van der Waals surface area contributed by atoms with E-state index in [1.54, 1.807) is 11.3 Å². The van der Waals surface area contributed by atoms with Crippen LogP contribution in [0.15, 0.2) is 22.0 Å². The first-order valence-electron chi connectivity index (χ1n) is 7.02. The number of nitrogens with one attached hydrogen (secondary N) is 1. The molecule has 2 heterocycles. The van der Waals surface area contributed by atoms with E-state index in [1.165, 1.54) is 4.88 Å². The molecule has 0 saturated heterocycles. The molecule has 116 valence electrons. The molecule has 0 aliphatic rings. The Morgan fingerprint density at radius 3 is 2.90 bits per heavy atom. The average Bonchev–Trinajstić information content (AvgIpc) is 3.07. The van der Waals surface area contributed by atoms with Gasteiger partial charge >= 0.3 is 0 Å². The Hall–Kier alpha value is -1.21. The van der Waals surface area contributed by atoms with Crippen LogP contribution in [0.5, 0.6) is 0 Å². The molecule has 2 aromatic heterocycles. The van der Waals surface area contributed by atoms with Crippen molar-refractivity contribution in [3.05, 3.63) is 39.4 Å². The third kappa shape index (κ3) is 4.64. The Morgan fingerprint density at radius 2 is 2.29 bits per heavy atom. The van der Waals surface area contributed by atoms with Gasteiger partial charge in [-0.2, -0.15) is 0 Å². The van der Waals surface area contributed by atoms with Crippen molar-refractivity contribution >= 4 is 11.3 Å². The highest BCUT2D eigenvalue weighted by Crippen LogP contribution is 2.20. The second-order valence-electron chi connectivity index (χ2n) is 5.12. The number of hydrogen-bond acceptors (Lipinski definition) is 6. The van der Waals surface area contributed by atoms with Crippen molar-refractivity contribution in [3.8, 4) is 0 Å². The van der Waals surface area contributed by atoms with Gasteiger partial charge in [-0.3, -0.25) is 0 Å². The summed E-state index contributed by atoms with van der Waals surface area (Å²) < 4.78 is 10.7. The topological polar surface area (TPSA) is 67.5 Å². The summed E-state index contributed by atoms with van der Waals surface area (Å²) in [4.78, 5) is 1.17. The zero-order chi connectivity index (χ0) is 15.2. The SMILES string of the molecule is Cc1noc(C)c1C(C)NCC(O)COCc1cccs1. The summed E-state index contributed by atoms with van der Waals surface area (Å²) in [5.41, 5.74) is 1.94. The van der Waals surface area contributed by atoms with Crippen LogP contribution in [-0.4, -0.2) is 29.5 Å². The molecule has 0 bridgehead atoms. The van der Waals surface area contributed by atoms with Gasteiger partial charge in [0.2, 0.25) is 0 Å². The lowest BCUT2D eigenvalue weighted by Gasteiger charge is -2.17. The van der Waals surface area contributed by atoms with Gasteiger partial charge in [0.25, 0.3) is 0 Å². The Labute approximate surface area is 128 Å². The number of thiophene rings is 1. The molecule has 21 heavy (non-hydrogen) atoms. The van der Waals surface area contributed by atoms with Crippen LogP contribution in [0.2, 0.25) is 0 Å². The third-order valence-electron chi connectivity index (χ3n) is 3.32. The zero-order valence-electron chi connectivity index (χ0n) is 12.6. The number of aromatic nitrogens is 1. The molecule has 0 spiro atoms. The van der Waals surface area contributed by atoms with E-state index in [0.29, 0.717) is 19.8 Å². The summed E-state index contributed by atoms with van der Waals surface area (Å²) in [7, 11) is 0. The van der Waals surface area contributed by atoms with Crippen LogP contribution in [0, 0.1) is 13.8 Å². The van der Waals surface area contributed by atoms with Crippen LogP contribution in [0.3, 0.4) is 0 Å². The van der Waals surface area contributed by atoms with Crippen molar-refractivity contribution in [2.75, 3.05) is 13.2 Å². The molecule has 2 unspecified atom stereocenters. The molecule has 2 rings (SSSR count). The predicted octanol–water partition coefficient (Wildman–Crippen LogP) is 2.58. The smallest absolute Gasteiger partial charge is 0.138 e. The van der Waals surface area contributed by atoms with E-state index in [0.717, 1.165) is 17.0 Å². The molecule has 2 aromatic rings. The van der Waals surface area contributed by atoms with E-state index < -0.39 is 6.10 Å². The van der Waals surface area contributed by atoms with Gasteiger partial charge in [-0.25, -0.2) is 0 Å². The van der Waals surface area contributed by atoms with Crippen LogP contribution in [0.1, 0.15) is 34.9 Å². The van der Waals surface area contributed by atoms with E-state index >= 15 is 0 Å². The largest absolute Gasteiger partial charge is 0.389 e. The van der Waals surface area contributed by atoms with Crippen molar-refractivity contribution in [1.82, 2.24) is 10.5 Å². The first-order chi connectivity index (χ1) is 10.1. The van der Waals surface area contributed by atoms with E-state index in [1.807, 2.05) is 38.3 Å². The third-order valence-corrected chi connectivity index (χ3v) is 4.17. The molecule has 0 aliphatic carbocycles. The minimum absolute atomic E-state index is 0.0863. The van der Waals surface area contributed by atoms with Gasteiger partial charge in [-0.05, 0) is 32.2 Å². The van der Waals surface area contributed by atoms with E-state index in [2.05, 4.69) is 10.5 Å². The number of rotatable bonds is 8. The van der Waals surface area contributed by atoms with Gasteiger partial charge in [0.15, 0.2) is 0 Å². The van der Waals surface area contributed by atoms with E-state index in [9.17, 15) is 5.11 Å². The van der Waals surface area contributed by atoms with Crippen LogP contribution < -0.4 is 5.32 Å². The minimum atomic E-state index is -0.534. The fraction of sp³-hybridized carbons (Fsp3) is 0.533. The molecule has 0 fully saturated rings. The lowest BCUT2D eigenvalue weighted by atomic mass is 10.1. The second kappa shape index (κ2) is 7.70. The average molecular weight is 310 g/mol. The van der Waals surface area contributed by atoms with Crippen LogP contribution in [-0.2, 0) is 11.3 Å². The van der Waals surface area contributed by atoms with Gasteiger partial charge in [0, 0.05) is 23.0 Å². The van der Waals surface area contributed by atoms with Crippen molar-refractivity contribution in [2.45, 2.75) is 39.5 Å². The van der Waals surface area contributed by atoms with Crippen molar-refractivity contribution in [3.63, 3.8) is 0 Å². The maximum Gasteiger partial charge on any atom is 0.138 e. The van der Waals surface area contributed by atoms with Gasteiger partial charge in [-0.15, -0.1) is 11.3 Å². The summed E-state index contributed by atoms with van der Waals surface area (Å²) in [5.74, 6) is 0.816. The normalized spacial score (nSPS) is 14.3. The standard InChI is InChI=1S/C15H22N2O3S/c1-10(15-11(2)17-20-12(15)3)16-7-13(18)8-19-9-14-5-4-6-21-14/h4-6,10,13,16,18H,7-9H2,1-3H3. The number of aliphatic hydroxyl groups is 1. The first-order valence-corrected chi connectivity index (χ1v) is 7.90. The van der Waals surface area contributed by atoms with Crippen LogP contribution in [0.4, 0.5) is 0 Å². The highest BCUT2D eigenvalue weighted by atomic mass is 32.1. The van der Waals surface area contributed by atoms with Crippen LogP contribution in [0.25, 0.3) is 0 Å². The number of aryl methyl sites for hydroxylation is 2. The maximum atomic E-state index is 9.94. The Balaban J connectivity index is 1.70. The zero-order valence-corrected chi connectivity index (χ0v) is 13.4. The molecule has 5 nitrogen and oxygen atoms in total. The molecular weight excluding hydrogens is 288 g/mol. The van der Waals surface area contributed by atoms with Crippen molar-refractivity contribution in [2.24, 2.45) is 0 Å². The molecular formula is C15H22N2O3S. The maximum absolute atomic E-state index is 9.94.